The van der Waals surface area contributed by atoms with Crippen molar-refractivity contribution >= 4 is 23.2 Å². The second kappa shape index (κ2) is 16.1. The number of nitrogens with one attached hydrogen (secondary N) is 1. The van der Waals surface area contributed by atoms with Crippen LogP contribution in [0.25, 0.3) is 10.4 Å². The van der Waals surface area contributed by atoms with E-state index in [0.29, 0.717) is 45.2 Å². The van der Waals surface area contributed by atoms with Crippen LogP contribution in [0.2, 0.25) is 0 Å². The Hall–Kier alpha value is -3.16. The van der Waals surface area contributed by atoms with Gasteiger partial charge in [0.1, 0.15) is 17.7 Å². The number of hydrogen-bond acceptors (Lipinski definition) is 10. The number of carbonyl (C=O) groups excluding carboxylic acids is 2. The van der Waals surface area contributed by atoms with Gasteiger partial charge in [0, 0.05) is 32.2 Å². The minimum absolute atomic E-state index is 0.00930. The average molecular weight is 615 g/mol. The van der Waals surface area contributed by atoms with Crippen molar-refractivity contribution in [2.24, 2.45) is 5.92 Å². The highest BCUT2D eigenvalue weighted by atomic mass is 32.1. The standard InChI is InChI=1S/C31H42N4O7S/c1-20(2)28(27-15-24(34-42-27)5-4-11-40-13-14-41-12-10-36)31(39)35-18-25(37)16-26(35)30(38)32-17-22-6-8-23(9-7-22)29-21(3)33-19-43-29/h6-9,15,19-20,25-26,28,36-37H,4-5,10-14,16-18H2,1-3H3,(H,32,38)/t25-,26-,28?/m1/s1. The van der Waals surface area contributed by atoms with E-state index in [0.717, 1.165) is 33.8 Å². The molecule has 0 bridgehead atoms. The zero-order valence-corrected chi connectivity index (χ0v) is 25.8. The van der Waals surface area contributed by atoms with Crippen LogP contribution < -0.4 is 5.32 Å². The van der Waals surface area contributed by atoms with Gasteiger partial charge in [-0.05, 0) is 36.8 Å². The quantitative estimate of drug-likeness (QED) is 0.207. The van der Waals surface area contributed by atoms with Crippen molar-refractivity contribution in [3.8, 4) is 10.4 Å². The third kappa shape index (κ3) is 8.93. The van der Waals surface area contributed by atoms with Crippen LogP contribution >= 0.6 is 11.3 Å². The predicted molar refractivity (Wildman–Crippen MR) is 161 cm³/mol. The van der Waals surface area contributed by atoms with Gasteiger partial charge in [0.25, 0.3) is 0 Å². The number of aliphatic hydroxyl groups excluding tert-OH is 2. The Morgan fingerprint density at radius 2 is 1.91 bits per heavy atom. The van der Waals surface area contributed by atoms with Crippen molar-refractivity contribution in [2.75, 3.05) is 39.6 Å². The molecule has 1 unspecified atom stereocenters. The fourth-order valence-electron chi connectivity index (χ4n) is 5.21. The third-order valence-corrected chi connectivity index (χ3v) is 8.42. The van der Waals surface area contributed by atoms with E-state index >= 15 is 0 Å². The lowest BCUT2D eigenvalue weighted by molar-refractivity contribution is -0.141. The summed E-state index contributed by atoms with van der Waals surface area (Å²) >= 11 is 1.59. The Morgan fingerprint density at radius 3 is 2.58 bits per heavy atom. The fourth-order valence-corrected chi connectivity index (χ4v) is 6.03. The van der Waals surface area contributed by atoms with Gasteiger partial charge in [-0.15, -0.1) is 11.3 Å². The molecule has 1 fully saturated rings. The maximum atomic E-state index is 13.8. The monoisotopic (exact) mass is 614 g/mol. The average Bonchev–Trinajstić information content (AvgIpc) is 3.73. The number of β-amino-alcohol motifs (C(OH)–C–C–N with tert-alkyl or cyclic N) is 1. The minimum Gasteiger partial charge on any atom is -0.394 e. The van der Waals surface area contributed by atoms with E-state index in [2.05, 4.69) is 15.5 Å². The highest BCUT2D eigenvalue weighted by Crippen LogP contribution is 2.32. The molecule has 234 valence electrons. The molecule has 1 aliphatic rings. The first-order valence-corrected chi connectivity index (χ1v) is 15.6. The van der Waals surface area contributed by atoms with Gasteiger partial charge in [-0.1, -0.05) is 43.3 Å². The molecule has 0 saturated carbocycles. The molecule has 3 N–H and O–H groups in total. The van der Waals surface area contributed by atoms with Crippen LogP contribution in [-0.4, -0.2) is 88.8 Å². The summed E-state index contributed by atoms with van der Waals surface area (Å²) < 4.78 is 16.3. The molecule has 1 saturated heterocycles. The van der Waals surface area contributed by atoms with Gasteiger partial charge in [0.2, 0.25) is 11.8 Å². The van der Waals surface area contributed by atoms with Gasteiger partial charge in [-0.3, -0.25) is 9.59 Å². The first-order valence-electron chi connectivity index (χ1n) is 14.8. The largest absolute Gasteiger partial charge is 0.394 e. The van der Waals surface area contributed by atoms with Crippen molar-refractivity contribution in [1.29, 1.82) is 0 Å². The SMILES string of the molecule is Cc1ncsc1-c1ccc(CNC(=O)[C@H]2C[C@@H](O)CN2C(=O)C(c2cc(CCCOCCOCCO)no2)C(C)C)cc1. The molecule has 12 heteroatoms. The number of rotatable bonds is 16. The van der Waals surface area contributed by atoms with Crippen LogP contribution in [0.4, 0.5) is 0 Å². The molecule has 3 atom stereocenters. The summed E-state index contributed by atoms with van der Waals surface area (Å²) in [5.41, 5.74) is 5.55. The number of aliphatic hydroxyl groups is 2. The van der Waals surface area contributed by atoms with E-state index in [1.807, 2.05) is 50.5 Å². The zero-order chi connectivity index (χ0) is 30.8. The summed E-state index contributed by atoms with van der Waals surface area (Å²) in [4.78, 5) is 34.0. The number of nitrogens with zero attached hydrogens (tertiary/aromatic N) is 3. The van der Waals surface area contributed by atoms with Gasteiger partial charge >= 0.3 is 0 Å². The van der Waals surface area contributed by atoms with Gasteiger partial charge in [-0.2, -0.15) is 0 Å². The second-order valence-electron chi connectivity index (χ2n) is 11.1. The number of ether oxygens (including phenoxy) is 2. The van der Waals surface area contributed by atoms with Crippen LogP contribution in [-0.2, 0) is 32.0 Å². The summed E-state index contributed by atoms with van der Waals surface area (Å²) in [6, 6.07) is 8.99. The molecule has 11 nitrogen and oxygen atoms in total. The number of amides is 2. The Kier molecular flexibility index (Phi) is 12.2. The van der Waals surface area contributed by atoms with Crippen molar-refractivity contribution in [3.63, 3.8) is 0 Å². The maximum absolute atomic E-state index is 13.8. The van der Waals surface area contributed by atoms with Crippen LogP contribution in [0, 0.1) is 12.8 Å². The molecule has 0 radical (unpaired) electrons. The van der Waals surface area contributed by atoms with Gasteiger partial charge < -0.3 is 34.4 Å². The van der Waals surface area contributed by atoms with E-state index < -0.39 is 18.1 Å². The van der Waals surface area contributed by atoms with Crippen molar-refractivity contribution in [3.05, 3.63) is 58.6 Å². The van der Waals surface area contributed by atoms with Crippen molar-refractivity contribution < 1.29 is 33.8 Å². The summed E-state index contributed by atoms with van der Waals surface area (Å²) in [6.07, 6.45) is 0.742. The van der Waals surface area contributed by atoms with Crippen molar-refractivity contribution in [2.45, 2.75) is 64.6 Å². The molecule has 43 heavy (non-hydrogen) atoms. The van der Waals surface area contributed by atoms with E-state index in [1.165, 1.54) is 4.90 Å². The van der Waals surface area contributed by atoms with E-state index in [4.69, 9.17) is 19.1 Å². The first-order chi connectivity index (χ1) is 20.8. The molecular weight excluding hydrogens is 572 g/mol. The summed E-state index contributed by atoms with van der Waals surface area (Å²) in [6.45, 7) is 7.92. The van der Waals surface area contributed by atoms with Crippen LogP contribution in [0.1, 0.15) is 55.3 Å². The molecule has 2 aromatic heterocycles. The number of carbonyl (C=O) groups is 2. The van der Waals surface area contributed by atoms with Gasteiger partial charge in [0.05, 0.1) is 54.3 Å². The zero-order valence-electron chi connectivity index (χ0n) is 25.0. The number of aromatic nitrogens is 2. The Labute approximate surface area is 256 Å². The minimum atomic E-state index is -0.784. The Morgan fingerprint density at radius 1 is 1.16 bits per heavy atom. The number of hydrogen-bond donors (Lipinski definition) is 3. The smallest absolute Gasteiger partial charge is 0.243 e. The molecule has 2 amide bonds. The lowest BCUT2D eigenvalue weighted by atomic mass is 9.91. The predicted octanol–water partition coefficient (Wildman–Crippen LogP) is 3.08. The second-order valence-corrected chi connectivity index (χ2v) is 11.9. The normalized spacial score (nSPS) is 17.5. The molecule has 0 spiro atoms. The molecule has 4 rings (SSSR count). The first kappa shape index (κ1) is 32.7. The van der Waals surface area contributed by atoms with E-state index in [9.17, 15) is 14.7 Å². The number of benzene rings is 1. The highest BCUT2D eigenvalue weighted by Gasteiger charge is 2.43. The van der Waals surface area contributed by atoms with Crippen LogP contribution in [0.15, 0.2) is 40.4 Å². The molecule has 1 aromatic carbocycles. The molecule has 1 aliphatic heterocycles. The Bertz CT molecular complexity index is 1310. The number of aryl methyl sites for hydroxylation is 2. The van der Waals surface area contributed by atoms with E-state index in [-0.39, 0.29) is 37.3 Å². The van der Waals surface area contributed by atoms with Crippen LogP contribution in [0.3, 0.4) is 0 Å². The van der Waals surface area contributed by atoms with Crippen LogP contribution in [0.5, 0.6) is 0 Å². The fraction of sp³-hybridized carbons (Fsp3) is 0.548. The molecule has 3 aromatic rings. The third-order valence-electron chi connectivity index (χ3n) is 7.44. The van der Waals surface area contributed by atoms with Gasteiger partial charge in [-0.25, -0.2) is 4.98 Å². The van der Waals surface area contributed by atoms with Gasteiger partial charge in [0.15, 0.2) is 0 Å². The Balaban J connectivity index is 1.32. The lowest BCUT2D eigenvalue weighted by Crippen LogP contribution is -2.48. The highest BCUT2D eigenvalue weighted by molar-refractivity contribution is 7.13. The van der Waals surface area contributed by atoms with Crippen molar-refractivity contribution in [1.82, 2.24) is 20.4 Å². The summed E-state index contributed by atoms with van der Waals surface area (Å²) in [5, 5.41) is 26.3. The molecule has 3 heterocycles. The number of thiazole rings is 1. The topological polar surface area (TPSA) is 147 Å². The molecular formula is C31H42N4O7S. The lowest BCUT2D eigenvalue weighted by Gasteiger charge is -2.28. The summed E-state index contributed by atoms with van der Waals surface area (Å²) in [7, 11) is 0. The summed E-state index contributed by atoms with van der Waals surface area (Å²) in [5.74, 6) is -0.855. The number of likely N-dealkylation sites (tertiary alicyclic amines) is 1. The molecule has 0 aliphatic carbocycles. The van der Waals surface area contributed by atoms with E-state index in [1.54, 1.807) is 17.4 Å². The maximum Gasteiger partial charge on any atom is 0.243 e.